The first-order valence-electron chi connectivity index (χ1n) is 10.5. The molecule has 192 valence electrons. The van der Waals surface area contributed by atoms with Crippen molar-refractivity contribution < 1.29 is 36.2 Å². The molecule has 1 saturated heterocycles. The number of benzene rings is 1. The molecule has 0 spiro atoms. The van der Waals surface area contributed by atoms with Gasteiger partial charge in [0.25, 0.3) is 5.56 Å². The molecule has 0 amide bonds. The summed E-state index contributed by atoms with van der Waals surface area (Å²) < 4.78 is 81.2. The highest BCUT2D eigenvalue weighted by atomic mass is 35.5. The van der Waals surface area contributed by atoms with Crippen LogP contribution in [-0.4, -0.2) is 46.6 Å². The largest absolute Gasteiger partial charge is 0.573 e. The van der Waals surface area contributed by atoms with E-state index < -0.39 is 34.9 Å². The molecule has 1 N–H and O–H groups in total. The van der Waals surface area contributed by atoms with Gasteiger partial charge in [-0.3, -0.25) is 4.79 Å². The maximum Gasteiger partial charge on any atom is 0.573 e. The van der Waals surface area contributed by atoms with Crippen LogP contribution in [0.3, 0.4) is 0 Å². The zero-order valence-corrected chi connectivity index (χ0v) is 19.1. The Labute approximate surface area is 205 Å². The topological polar surface area (TPSA) is 87.5 Å². The molecule has 1 aliphatic heterocycles. The fourth-order valence-corrected chi connectivity index (χ4v) is 3.59. The maximum absolute atomic E-state index is 14.7. The fourth-order valence-electron chi connectivity index (χ4n) is 3.39. The van der Waals surface area contributed by atoms with Gasteiger partial charge < -0.3 is 19.5 Å². The van der Waals surface area contributed by atoms with Gasteiger partial charge in [0.15, 0.2) is 17.2 Å². The van der Waals surface area contributed by atoms with Crippen LogP contribution in [0.15, 0.2) is 47.5 Å². The summed E-state index contributed by atoms with van der Waals surface area (Å²) in [4.78, 5) is 16.6. The second-order valence-electron chi connectivity index (χ2n) is 7.85. The highest BCUT2D eigenvalue weighted by Gasteiger charge is 2.33. The Morgan fingerprint density at radius 2 is 2.00 bits per heavy atom. The van der Waals surface area contributed by atoms with Gasteiger partial charge >= 0.3 is 6.36 Å². The van der Waals surface area contributed by atoms with E-state index in [9.17, 15) is 26.7 Å². The van der Waals surface area contributed by atoms with Crippen molar-refractivity contribution in [1.29, 1.82) is 0 Å². The highest BCUT2D eigenvalue weighted by Crippen LogP contribution is 2.35. The molecule has 0 bridgehead atoms. The number of nitrogens with one attached hydrogen (secondary N) is 1. The SMILES string of the molecule is O=c1c(Cl)c(NC[C@@]2(F)CCCOC2)cnn1-c1ccc(Oc2cc(F)ccc2OC(F)(F)F)nc1. The third-order valence-electron chi connectivity index (χ3n) is 5.10. The lowest BCUT2D eigenvalue weighted by Gasteiger charge is -2.29. The van der Waals surface area contributed by atoms with Gasteiger partial charge in [0.05, 0.1) is 36.9 Å². The first-order chi connectivity index (χ1) is 17.0. The summed E-state index contributed by atoms with van der Waals surface area (Å²) in [6.45, 7) is 0.305. The summed E-state index contributed by atoms with van der Waals surface area (Å²) in [5, 5.41) is 6.55. The monoisotopic (exact) mass is 532 g/mol. The first kappa shape index (κ1) is 25.6. The van der Waals surface area contributed by atoms with Crippen molar-refractivity contribution in [3.8, 4) is 23.1 Å². The summed E-state index contributed by atoms with van der Waals surface area (Å²) in [5.41, 5.74) is -2.04. The predicted octanol–water partition coefficient (Wildman–Crippen LogP) is 5.04. The van der Waals surface area contributed by atoms with Gasteiger partial charge in [-0.1, -0.05) is 11.6 Å². The minimum atomic E-state index is -5.02. The van der Waals surface area contributed by atoms with Gasteiger partial charge in [0.2, 0.25) is 5.88 Å². The lowest BCUT2D eigenvalue weighted by atomic mass is 9.99. The molecule has 1 atom stereocenters. The van der Waals surface area contributed by atoms with E-state index in [-0.39, 0.29) is 35.4 Å². The average molecular weight is 533 g/mol. The molecule has 3 heterocycles. The van der Waals surface area contributed by atoms with Gasteiger partial charge in [-0.15, -0.1) is 13.2 Å². The van der Waals surface area contributed by atoms with Crippen molar-refractivity contribution in [3.05, 3.63) is 63.9 Å². The van der Waals surface area contributed by atoms with Crippen LogP contribution in [0.5, 0.6) is 17.4 Å². The molecular weight excluding hydrogens is 515 g/mol. The van der Waals surface area contributed by atoms with Gasteiger partial charge in [-0.05, 0) is 31.0 Å². The Morgan fingerprint density at radius 3 is 2.67 bits per heavy atom. The molecule has 1 aromatic carbocycles. The second kappa shape index (κ2) is 10.3. The van der Waals surface area contributed by atoms with Gasteiger partial charge in [-0.2, -0.15) is 9.78 Å². The van der Waals surface area contributed by atoms with E-state index in [0.717, 1.165) is 23.0 Å². The summed E-state index contributed by atoms with van der Waals surface area (Å²) in [5.74, 6) is -2.39. The molecule has 0 radical (unpaired) electrons. The zero-order chi connectivity index (χ0) is 25.9. The smallest absolute Gasteiger partial charge is 0.435 e. The van der Waals surface area contributed by atoms with E-state index in [1.165, 1.54) is 18.3 Å². The Kier molecular flexibility index (Phi) is 7.31. The van der Waals surface area contributed by atoms with Crippen LogP contribution in [0.2, 0.25) is 5.02 Å². The number of aromatic nitrogens is 3. The molecule has 1 aliphatic rings. The van der Waals surface area contributed by atoms with Crippen LogP contribution < -0.4 is 20.3 Å². The number of pyridine rings is 1. The lowest BCUT2D eigenvalue weighted by Crippen LogP contribution is -2.40. The van der Waals surface area contributed by atoms with Gasteiger partial charge in [-0.25, -0.2) is 13.8 Å². The predicted molar refractivity (Wildman–Crippen MR) is 118 cm³/mol. The number of nitrogens with zero attached hydrogens (tertiary/aromatic N) is 3. The average Bonchev–Trinajstić information content (AvgIpc) is 2.82. The van der Waals surface area contributed by atoms with Crippen molar-refractivity contribution in [2.75, 3.05) is 25.1 Å². The summed E-state index contributed by atoms with van der Waals surface area (Å²) in [7, 11) is 0. The molecule has 1 fully saturated rings. The first-order valence-corrected chi connectivity index (χ1v) is 10.9. The number of hydrogen-bond donors (Lipinski definition) is 1. The van der Waals surface area contributed by atoms with Crippen LogP contribution in [0.4, 0.5) is 27.6 Å². The Balaban J connectivity index is 1.50. The van der Waals surface area contributed by atoms with E-state index in [0.29, 0.717) is 25.5 Å². The normalized spacial score (nSPS) is 18.1. The number of rotatable bonds is 7. The van der Waals surface area contributed by atoms with Crippen molar-refractivity contribution in [2.45, 2.75) is 24.9 Å². The van der Waals surface area contributed by atoms with Crippen molar-refractivity contribution in [3.63, 3.8) is 0 Å². The van der Waals surface area contributed by atoms with Crippen LogP contribution in [0, 0.1) is 5.82 Å². The highest BCUT2D eigenvalue weighted by molar-refractivity contribution is 6.32. The quantitative estimate of drug-likeness (QED) is 0.426. The molecule has 8 nitrogen and oxygen atoms in total. The molecule has 0 saturated carbocycles. The summed E-state index contributed by atoms with van der Waals surface area (Å²) in [6, 6.07) is 4.80. The molecule has 36 heavy (non-hydrogen) atoms. The second-order valence-corrected chi connectivity index (χ2v) is 8.22. The van der Waals surface area contributed by atoms with Crippen molar-refractivity contribution >= 4 is 17.3 Å². The third kappa shape index (κ3) is 6.21. The minimum Gasteiger partial charge on any atom is -0.435 e. The molecule has 0 unspecified atom stereocenters. The number of hydrogen-bond acceptors (Lipinski definition) is 7. The van der Waals surface area contributed by atoms with E-state index in [1.807, 2.05) is 0 Å². The van der Waals surface area contributed by atoms with Crippen molar-refractivity contribution in [2.24, 2.45) is 0 Å². The number of halogens is 6. The Morgan fingerprint density at radius 1 is 1.19 bits per heavy atom. The molecule has 14 heteroatoms. The zero-order valence-electron chi connectivity index (χ0n) is 18.3. The van der Waals surface area contributed by atoms with Gasteiger partial charge in [0, 0.05) is 18.7 Å². The molecule has 2 aromatic heterocycles. The van der Waals surface area contributed by atoms with Gasteiger partial charge in [0.1, 0.15) is 10.8 Å². The Bertz CT molecular complexity index is 1280. The lowest BCUT2D eigenvalue weighted by molar-refractivity contribution is -0.275. The molecule has 4 rings (SSSR count). The number of ether oxygens (including phenoxy) is 3. The van der Waals surface area contributed by atoms with E-state index in [4.69, 9.17) is 21.1 Å². The molecular formula is C22H18ClF5N4O4. The van der Waals surface area contributed by atoms with Crippen LogP contribution >= 0.6 is 11.6 Å². The van der Waals surface area contributed by atoms with Crippen LogP contribution in [0.25, 0.3) is 5.69 Å². The number of anilines is 1. The minimum absolute atomic E-state index is 0.0678. The van der Waals surface area contributed by atoms with Crippen LogP contribution in [0.1, 0.15) is 12.8 Å². The van der Waals surface area contributed by atoms with E-state index in [2.05, 4.69) is 20.1 Å². The summed E-state index contributed by atoms with van der Waals surface area (Å²) >= 11 is 6.16. The molecule has 3 aromatic rings. The van der Waals surface area contributed by atoms with Crippen molar-refractivity contribution in [1.82, 2.24) is 14.8 Å². The third-order valence-corrected chi connectivity index (χ3v) is 5.47. The fraction of sp³-hybridized carbons (Fsp3) is 0.318. The van der Waals surface area contributed by atoms with E-state index >= 15 is 0 Å². The van der Waals surface area contributed by atoms with E-state index in [1.54, 1.807) is 0 Å². The molecule has 0 aliphatic carbocycles. The summed E-state index contributed by atoms with van der Waals surface area (Å²) in [6.07, 6.45) is -1.74. The standard InChI is InChI=1S/C22H18ClF5N4O4/c23-19-15(30-11-21(25)6-1-7-34-12-21)10-31-32(20(19)33)14-3-5-18(29-9-14)35-17-8-13(24)2-4-16(17)36-22(26,27)28/h2-5,8-10,30H,1,6-7,11-12H2/t21-/m0/s1. The number of alkyl halides is 4. The maximum atomic E-state index is 14.7. The van der Waals surface area contributed by atoms with Crippen LogP contribution in [-0.2, 0) is 4.74 Å². The Hall–Kier alpha value is -3.45.